The smallest absolute Gasteiger partial charge is 0.221 e. The third-order valence-electron chi connectivity index (χ3n) is 4.78. The number of hydrogen-bond acceptors (Lipinski definition) is 4. The van der Waals surface area contributed by atoms with Crippen LogP contribution in [-0.2, 0) is 11.2 Å². The Hall–Kier alpha value is -2.87. The van der Waals surface area contributed by atoms with E-state index in [1.165, 1.54) is 18.9 Å². The van der Waals surface area contributed by atoms with Crippen LogP contribution in [0.5, 0.6) is 0 Å². The highest BCUT2D eigenvalue weighted by Crippen LogP contribution is 2.27. The van der Waals surface area contributed by atoms with Crippen LogP contribution in [0.3, 0.4) is 0 Å². The number of anilines is 1. The summed E-state index contributed by atoms with van der Waals surface area (Å²) in [6, 6.07) is 26.2. The molecule has 156 valence electrons. The number of rotatable bonds is 6. The summed E-state index contributed by atoms with van der Waals surface area (Å²) >= 11 is 4.73. The molecule has 0 bridgehead atoms. The van der Waals surface area contributed by atoms with Crippen molar-refractivity contribution in [3.63, 3.8) is 0 Å². The van der Waals surface area contributed by atoms with Crippen molar-refractivity contribution in [2.24, 2.45) is 5.14 Å². The molecule has 0 radical (unpaired) electrons. The molecular formula is C24H21BrN4OS. The quantitative estimate of drug-likeness (QED) is 0.332. The average molecular weight is 493 g/mol. The lowest BCUT2D eigenvalue weighted by Crippen LogP contribution is -2.05. The molecule has 4 aromatic rings. The lowest BCUT2D eigenvalue weighted by atomic mass is 10.1. The summed E-state index contributed by atoms with van der Waals surface area (Å²) in [5.41, 5.74) is 5.95. The van der Waals surface area contributed by atoms with E-state index in [-0.39, 0.29) is 5.91 Å². The normalized spacial score (nSPS) is 10.8. The minimum atomic E-state index is -0.0790. The molecule has 7 heteroatoms. The summed E-state index contributed by atoms with van der Waals surface area (Å²) in [7, 11) is 0. The molecule has 1 heterocycles. The fraction of sp³-hybridized carbons (Fsp3) is 0.0833. The van der Waals surface area contributed by atoms with Crippen LogP contribution in [0.2, 0.25) is 0 Å². The zero-order valence-electron chi connectivity index (χ0n) is 16.9. The monoisotopic (exact) mass is 492 g/mol. The van der Waals surface area contributed by atoms with Crippen molar-refractivity contribution in [1.29, 1.82) is 0 Å². The van der Waals surface area contributed by atoms with Crippen LogP contribution in [0.1, 0.15) is 18.2 Å². The van der Waals surface area contributed by atoms with Crippen LogP contribution in [0.15, 0.2) is 88.2 Å². The number of amides is 1. The second-order valence-corrected chi connectivity index (χ2v) is 8.73. The average Bonchev–Trinajstić information content (AvgIpc) is 3.19. The van der Waals surface area contributed by atoms with Gasteiger partial charge in [0, 0.05) is 34.0 Å². The van der Waals surface area contributed by atoms with Crippen LogP contribution in [0.4, 0.5) is 5.69 Å². The molecule has 5 nitrogen and oxygen atoms in total. The number of aromatic nitrogens is 2. The standard InChI is InChI=1S/C24H21BrN4OS/c1-16(30)27-20-8-2-17(3-9-20)14-21-15-24(18-4-6-19(25)7-5-18)29(28-21)22-10-12-23(31-26)13-11-22/h2-13,15H,14,26H2,1H3,(H,27,30). The van der Waals surface area contributed by atoms with E-state index in [2.05, 4.69) is 39.4 Å². The molecule has 1 amide bonds. The molecule has 4 rings (SSSR count). The molecule has 0 spiro atoms. The predicted octanol–water partition coefficient (Wildman–Crippen LogP) is 5.82. The maximum absolute atomic E-state index is 11.2. The first kappa shape index (κ1) is 21.4. The Morgan fingerprint density at radius 3 is 2.32 bits per heavy atom. The summed E-state index contributed by atoms with van der Waals surface area (Å²) in [6.07, 6.45) is 0.688. The second-order valence-electron chi connectivity index (χ2n) is 7.11. The third kappa shape index (κ3) is 5.25. The van der Waals surface area contributed by atoms with Crippen molar-refractivity contribution in [2.45, 2.75) is 18.2 Å². The topological polar surface area (TPSA) is 72.9 Å². The Morgan fingerprint density at radius 2 is 1.71 bits per heavy atom. The van der Waals surface area contributed by atoms with E-state index in [1.54, 1.807) is 0 Å². The number of halogens is 1. The van der Waals surface area contributed by atoms with E-state index in [0.29, 0.717) is 6.42 Å². The van der Waals surface area contributed by atoms with Gasteiger partial charge in [-0.3, -0.25) is 9.93 Å². The highest BCUT2D eigenvalue weighted by Gasteiger charge is 2.13. The number of nitrogens with two attached hydrogens (primary N) is 1. The van der Waals surface area contributed by atoms with Gasteiger partial charge in [-0.05, 0) is 72.1 Å². The zero-order chi connectivity index (χ0) is 21.8. The van der Waals surface area contributed by atoms with Crippen LogP contribution in [0, 0.1) is 0 Å². The largest absolute Gasteiger partial charge is 0.326 e. The van der Waals surface area contributed by atoms with Gasteiger partial charge in [0.1, 0.15) is 0 Å². The predicted molar refractivity (Wildman–Crippen MR) is 130 cm³/mol. The van der Waals surface area contributed by atoms with Gasteiger partial charge in [0.2, 0.25) is 5.91 Å². The first-order chi connectivity index (χ1) is 15.0. The zero-order valence-corrected chi connectivity index (χ0v) is 19.3. The fourth-order valence-electron chi connectivity index (χ4n) is 3.32. The van der Waals surface area contributed by atoms with Crippen molar-refractivity contribution in [3.05, 3.63) is 94.6 Å². The number of nitrogens with zero attached hydrogens (tertiary/aromatic N) is 2. The van der Waals surface area contributed by atoms with Gasteiger partial charge in [-0.15, -0.1) is 0 Å². The molecule has 0 saturated heterocycles. The minimum absolute atomic E-state index is 0.0790. The molecule has 31 heavy (non-hydrogen) atoms. The van der Waals surface area contributed by atoms with Crippen LogP contribution in [-0.4, -0.2) is 15.7 Å². The molecular weight excluding hydrogens is 472 g/mol. The van der Waals surface area contributed by atoms with Gasteiger partial charge in [0.25, 0.3) is 0 Å². The van der Waals surface area contributed by atoms with Crippen molar-refractivity contribution < 1.29 is 4.79 Å². The minimum Gasteiger partial charge on any atom is -0.326 e. The van der Waals surface area contributed by atoms with E-state index >= 15 is 0 Å². The lowest BCUT2D eigenvalue weighted by molar-refractivity contribution is -0.114. The van der Waals surface area contributed by atoms with E-state index in [4.69, 9.17) is 10.2 Å². The number of benzene rings is 3. The Bertz CT molecular complexity index is 1190. The molecule has 0 aliphatic rings. The summed E-state index contributed by atoms with van der Waals surface area (Å²) < 4.78 is 3.00. The van der Waals surface area contributed by atoms with Crippen LogP contribution >= 0.6 is 27.9 Å². The highest BCUT2D eigenvalue weighted by molar-refractivity contribution is 9.10. The van der Waals surface area contributed by atoms with Gasteiger partial charge in [-0.25, -0.2) is 4.68 Å². The molecule has 3 N–H and O–H groups in total. The molecule has 0 aliphatic heterocycles. The van der Waals surface area contributed by atoms with Crippen LogP contribution in [0.25, 0.3) is 16.9 Å². The molecule has 1 aromatic heterocycles. The Kier molecular flexibility index (Phi) is 6.56. The summed E-state index contributed by atoms with van der Waals surface area (Å²) in [5, 5.41) is 13.4. The first-order valence-corrected chi connectivity index (χ1v) is 11.4. The number of carbonyl (C=O) groups is 1. The van der Waals surface area contributed by atoms with Gasteiger partial charge in [-0.2, -0.15) is 5.10 Å². The molecule has 0 saturated carbocycles. The second kappa shape index (κ2) is 9.51. The number of nitrogens with one attached hydrogen (secondary N) is 1. The number of carbonyl (C=O) groups excluding carboxylic acids is 1. The van der Waals surface area contributed by atoms with E-state index < -0.39 is 0 Å². The summed E-state index contributed by atoms with van der Waals surface area (Å²) in [5.74, 6) is -0.0790. The molecule has 0 atom stereocenters. The van der Waals surface area contributed by atoms with Gasteiger partial charge in [0.15, 0.2) is 0 Å². The van der Waals surface area contributed by atoms with Gasteiger partial charge >= 0.3 is 0 Å². The highest BCUT2D eigenvalue weighted by atomic mass is 79.9. The van der Waals surface area contributed by atoms with Gasteiger partial charge < -0.3 is 5.32 Å². The molecule has 0 aliphatic carbocycles. The molecule has 3 aromatic carbocycles. The Labute approximate surface area is 193 Å². The SMILES string of the molecule is CC(=O)Nc1ccc(Cc2cc(-c3ccc(Br)cc3)n(-c3ccc(SN)cc3)n2)cc1. The van der Waals surface area contributed by atoms with Crippen molar-refractivity contribution >= 4 is 39.5 Å². The lowest BCUT2D eigenvalue weighted by Gasteiger charge is -2.08. The maximum atomic E-state index is 11.2. The Morgan fingerprint density at radius 1 is 1.03 bits per heavy atom. The number of hydrogen-bond donors (Lipinski definition) is 2. The van der Waals surface area contributed by atoms with E-state index in [1.807, 2.05) is 65.3 Å². The van der Waals surface area contributed by atoms with E-state index in [0.717, 1.165) is 43.3 Å². The Balaban J connectivity index is 1.68. The summed E-state index contributed by atoms with van der Waals surface area (Å²) in [6.45, 7) is 1.50. The van der Waals surface area contributed by atoms with Gasteiger partial charge in [-0.1, -0.05) is 40.2 Å². The van der Waals surface area contributed by atoms with Crippen molar-refractivity contribution in [1.82, 2.24) is 9.78 Å². The van der Waals surface area contributed by atoms with Crippen LogP contribution < -0.4 is 10.5 Å². The molecule has 0 fully saturated rings. The van der Waals surface area contributed by atoms with E-state index in [9.17, 15) is 4.79 Å². The summed E-state index contributed by atoms with van der Waals surface area (Å²) in [4.78, 5) is 12.2. The fourth-order valence-corrected chi connectivity index (χ4v) is 3.88. The van der Waals surface area contributed by atoms with Gasteiger partial charge in [0.05, 0.1) is 17.1 Å². The van der Waals surface area contributed by atoms with Crippen molar-refractivity contribution in [2.75, 3.05) is 5.32 Å². The maximum Gasteiger partial charge on any atom is 0.221 e. The first-order valence-electron chi connectivity index (χ1n) is 9.70. The third-order valence-corrected chi connectivity index (χ3v) is 5.85. The molecule has 0 unspecified atom stereocenters. The van der Waals surface area contributed by atoms with Crippen molar-refractivity contribution in [3.8, 4) is 16.9 Å².